The minimum Gasteiger partial charge on any atom is -0.369 e. The Morgan fingerprint density at radius 2 is 1.80 bits per heavy atom. The number of hydrogen-bond donors (Lipinski definition) is 2. The van der Waals surface area contributed by atoms with Crippen molar-refractivity contribution in [3.05, 3.63) is 64.8 Å². The minimum atomic E-state index is 0.450. The Bertz CT molecular complexity index is 1870. The molecule has 0 spiro atoms. The first-order valence-electron chi connectivity index (χ1n) is 13.2. The Kier molecular flexibility index (Phi) is 6.18. The van der Waals surface area contributed by atoms with E-state index in [1.54, 1.807) is 12.5 Å². The zero-order chi connectivity index (χ0) is 27.4. The van der Waals surface area contributed by atoms with Gasteiger partial charge < -0.3 is 20.1 Å². The van der Waals surface area contributed by atoms with E-state index in [1.165, 1.54) is 5.69 Å². The molecule has 0 aliphatic carbocycles. The van der Waals surface area contributed by atoms with Gasteiger partial charge in [0.25, 0.3) is 0 Å². The SMILES string of the molecule is CCN1CCN(c2ccc(Nc3ncc4cc(-c5c(Cl)cc6[nH]c(C)nc6c5Cl)c5nncn5c4n3)cc2)CC1. The van der Waals surface area contributed by atoms with Crippen molar-refractivity contribution in [2.75, 3.05) is 42.9 Å². The number of aromatic nitrogens is 7. The van der Waals surface area contributed by atoms with Crippen molar-refractivity contribution >= 4 is 68.2 Å². The lowest BCUT2D eigenvalue weighted by molar-refractivity contribution is 0.271. The number of nitrogens with one attached hydrogen (secondary N) is 2. The van der Waals surface area contributed by atoms with Crippen molar-refractivity contribution < 1.29 is 0 Å². The zero-order valence-corrected chi connectivity index (χ0v) is 23.5. The van der Waals surface area contributed by atoms with Crippen molar-refractivity contribution in [2.24, 2.45) is 0 Å². The molecule has 0 bridgehead atoms. The molecule has 12 heteroatoms. The number of aromatic amines is 1. The molecule has 2 aromatic carbocycles. The van der Waals surface area contributed by atoms with Crippen molar-refractivity contribution in [3.8, 4) is 11.1 Å². The minimum absolute atomic E-state index is 0.450. The summed E-state index contributed by atoms with van der Waals surface area (Å²) in [6.45, 7) is 9.46. The number of hydrogen-bond acceptors (Lipinski definition) is 8. The molecule has 1 aliphatic rings. The summed E-state index contributed by atoms with van der Waals surface area (Å²) in [7, 11) is 0. The smallest absolute Gasteiger partial charge is 0.229 e. The lowest BCUT2D eigenvalue weighted by Crippen LogP contribution is -2.46. The Labute approximate surface area is 240 Å². The molecule has 0 atom stereocenters. The molecule has 1 aliphatic heterocycles. The van der Waals surface area contributed by atoms with Crippen LogP contribution in [0, 0.1) is 6.92 Å². The van der Waals surface area contributed by atoms with E-state index in [1.807, 2.05) is 23.5 Å². The molecule has 10 nitrogen and oxygen atoms in total. The quantitative estimate of drug-likeness (QED) is 0.270. The highest BCUT2D eigenvalue weighted by Gasteiger charge is 2.21. The van der Waals surface area contributed by atoms with Crippen molar-refractivity contribution in [3.63, 3.8) is 0 Å². The number of imidazole rings is 1. The topological polar surface area (TPSA) is 103 Å². The number of rotatable bonds is 5. The summed E-state index contributed by atoms with van der Waals surface area (Å²) in [5.41, 5.74) is 6.17. The molecule has 202 valence electrons. The summed E-state index contributed by atoms with van der Waals surface area (Å²) in [6.07, 6.45) is 3.40. The fourth-order valence-corrected chi connectivity index (χ4v) is 6.07. The molecule has 0 radical (unpaired) electrons. The van der Waals surface area contributed by atoms with Crippen molar-refractivity contribution in [1.82, 2.24) is 39.4 Å². The summed E-state index contributed by atoms with van der Waals surface area (Å²) in [5, 5.41) is 13.6. The molecule has 5 heterocycles. The van der Waals surface area contributed by atoms with Gasteiger partial charge in [-0.3, -0.25) is 4.40 Å². The highest BCUT2D eigenvalue weighted by Crippen LogP contribution is 2.41. The highest BCUT2D eigenvalue weighted by molar-refractivity contribution is 6.43. The number of aryl methyl sites for hydroxylation is 1. The van der Waals surface area contributed by atoms with Gasteiger partial charge in [0.15, 0.2) is 11.3 Å². The molecule has 40 heavy (non-hydrogen) atoms. The van der Waals surface area contributed by atoms with E-state index in [2.05, 4.69) is 71.5 Å². The average molecular weight is 573 g/mol. The van der Waals surface area contributed by atoms with E-state index in [0.717, 1.165) is 60.7 Å². The molecule has 1 fully saturated rings. The van der Waals surface area contributed by atoms with E-state index < -0.39 is 0 Å². The molecule has 0 amide bonds. The monoisotopic (exact) mass is 572 g/mol. The summed E-state index contributed by atoms with van der Waals surface area (Å²) in [6, 6.07) is 12.2. The van der Waals surface area contributed by atoms with Gasteiger partial charge in [0, 0.05) is 60.3 Å². The number of halogens is 2. The van der Waals surface area contributed by atoms with Crippen molar-refractivity contribution in [1.29, 1.82) is 0 Å². The maximum absolute atomic E-state index is 6.83. The van der Waals surface area contributed by atoms with E-state index >= 15 is 0 Å². The van der Waals surface area contributed by atoms with Crippen LogP contribution in [0.5, 0.6) is 0 Å². The standard InChI is InChI=1S/C28H26Cl2N10/c1-3-38-8-10-39(11-9-38)19-6-4-18(5-7-19)35-28-31-14-17-12-20(27-37-32-15-40(27)26(17)36-28)23-21(29)13-22-25(24(23)30)34-16(2)33-22/h4-7,12-15H,3,8-11H2,1-2H3,(H,33,34)(H,31,35,36). The fraction of sp³-hybridized carbons (Fsp3) is 0.250. The van der Waals surface area contributed by atoms with Crippen LogP contribution >= 0.6 is 23.2 Å². The van der Waals surface area contributed by atoms with Crippen molar-refractivity contribution in [2.45, 2.75) is 13.8 Å². The Morgan fingerprint density at radius 3 is 2.58 bits per heavy atom. The van der Waals surface area contributed by atoms with E-state index in [-0.39, 0.29) is 0 Å². The first-order chi connectivity index (χ1) is 19.5. The van der Waals surface area contributed by atoms with Gasteiger partial charge in [0.2, 0.25) is 5.95 Å². The zero-order valence-electron chi connectivity index (χ0n) is 22.0. The molecule has 2 N–H and O–H groups in total. The largest absolute Gasteiger partial charge is 0.369 e. The normalized spacial score (nSPS) is 14.6. The van der Waals surface area contributed by atoms with Crippen LogP contribution in [0.2, 0.25) is 10.0 Å². The third kappa shape index (κ3) is 4.28. The van der Waals surface area contributed by atoms with Crippen LogP contribution in [-0.4, -0.2) is 72.2 Å². The second-order valence-corrected chi connectivity index (χ2v) is 10.7. The highest BCUT2D eigenvalue weighted by atomic mass is 35.5. The van der Waals surface area contributed by atoms with Gasteiger partial charge in [-0.2, -0.15) is 4.98 Å². The summed E-state index contributed by atoms with van der Waals surface area (Å²) < 4.78 is 1.82. The third-order valence-corrected chi connectivity index (χ3v) is 8.14. The number of likely N-dealkylation sites (N-methyl/N-ethyl adjacent to an activating group) is 1. The van der Waals surface area contributed by atoms with Crippen LogP contribution in [0.1, 0.15) is 12.7 Å². The van der Waals surface area contributed by atoms with Gasteiger partial charge in [-0.1, -0.05) is 30.1 Å². The molecule has 4 aromatic heterocycles. The lowest BCUT2D eigenvalue weighted by atomic mass is 10.0. The Balaban J connectivity index is 1.21. The predicted molar refractivity (Wildman–Crippen MR) is 160 cm³/mol. The Hall–Kier alpha value is -3.99. The number of anilines is 3. The van der Waals surface area contributed by atoms with Gasteiger partial charge in [0.1, 0.15) is 17.7 Å². The number of H-pyrrole nitrogens is 1. The second kappa shape index (κ2) is 9.88. The molecule has 1 saturated heterocycles. The van der Waals surface area contributed by atoms with E-state index in [9.17, 15) is 0 Å². The van der Waals surface area contributed by atoms with Crippen LogP contribution in [0.15, 0.2) is 48.9 Å². The number of benzene rings is 2. The average Bonchev–Trinajstić information content (AvgIpc) is 3.61. The molecular formula is C28H26Cl2N10. The van der Waals surface area contributed by atoms with Crippen LogP contribution in [0.4, 0.5) is 17.3 Å². The maximum Gasteiger partial charge on any atom is 0.229 e. The van der Waals surface area contributed by atoms with Gasteiger partial charge in [0.05, 0.1) is 15.6 Å². The number of piperazine rings is 1. The number of pyridine rings is 1. The predicted octanol–water partition coefficient (Wildman–Crippen LogP) is 5.72. The number of nitrogens with zero attached hydrogens (tertiary/aromatic N) is 8. The lowest BCUT2D eigenvalue weighted by Gasteiger charge is -2.35. The van der Waals surface area contributed by atoms with Crippen LogP contribution in [0.25, 0.3) is 38.8 Å². The van der Waals surface area contributed by atoms with Gasteiger partial charge in [-0.25, -0.2) is 9.97 Å². The molecular weight excluding hydrogens is 547 g/mol. The van der Waals surface area contributed by atoms with Crippen LogP contribution < -0.4 is 10.2 Å². The van der Waals surface area contributed by atoms with E-state index in [4.69, 9.17) is 28.2 Å². The van der Waals surface area contributed by atoms with Gasteiger partial charge in [-0.05, 0) is 49.9 Å². The third-order valence-electron chi connectivity index (χ3n) is 7.48. The van der Waals surface area contributed by atoms with Gasteiger partial charge in [-0.15, -0.1) is 10.2 Å². The number of fused-ring (bicyclic) bond motifs is 4. The first kappa shape index (κ1) is 25.0. The van der Waals surface area contributed by atoms with E-state index in [0.29, 0.717) is 38.4 Å². The van der Waals surface area contributed by atoms with Crippen LogP contribution in [-0.2, 0) is 0 Å². The summed E-state index contributed by atoms with van der Waals surface area (Å²) >= 11 is 13.6. The van der Waals surface area contributed by atoms with Crippen LogP contribution in [0.3, 0.4) is 0 Å². The molecule has 6 aromatic rings. The summed E-state index contributed by atoms with van der Waals surface area (Å²) in [4.78, 5) is 22.0. The molecule has 0 saturated carbocycles. The summed E-state index contributed by atoms with van der Waals surface area (Å²) in [5.74, 6) is 1.23. The molecule has 7 rings (SSSR count). The fourth-order valence-electron chi connectivity index (χ4n) is 5.37. The maximum atomic E-state index is 6.83. The first-order valence-corrected chi connectivity index (χ1v) is 13.9. The second-order valence-electron chi connectivity index (χ2n) is 9.91. The van der Waals surface area contributed by atoms with Gasteiger partial charge >= 0.3 is 0 Å². The molecule has 0 unspecified atom stereocenters. The Morgan fingerprint density at radius 1 is 1.00 bits per heavy atom.